The molecule has 94 valence electrons. The number of likely N-dealkylation sites (N-methyl/N-ethyl adjacent to an activating group) is 1. The van der Waals surface area contributed by atoms with Crippen LogP contribution in [0.3, 0.4) is 0 Å². The van der Waals surface area contributed by atoms with Gasteiger partial charge in [0.15, 0.2) is 0 Å². The summed E-state index contributed by atoms with van der Waals surface area (Å²) in [6.45, 7) is 5.47. The molecule has 0 unspecified atom stereocenters. The molecule has 1 N–H and O–H groups in total. The first-order valence-electron chi connectivity index (χ1n) is 6.61. The second-order valence-electron chi connectivity index (χ2n) is 5.48. The summed E-state index contributed by atoms with van der Waals surface area (Å²) in [4.78, 5) is 6.04. The molecule has 1 aromatic carbocycles. The molecule has 18 heavy (non-hydrogen) atoms. The maximum atomic E-state index is 3.62. The summed E-state index contributed by atoms with van der Waals surface area (Å²) in [6.07, 6.45) is 3.50. The van der Waals surface area contributed by atoms with Crippen molar-refractivity contribution in [2.45, 2.75) is 26.3 Å². The summed E-state index contributed by atoms with van der Waals surface area (Å²) in [7, 11) is 2.21. The Balaban J connectivity index is 2.19. The first-order chi connectivity index (χ1) is 8.66. The minimum atomic E-state index is 0.395. The molecule has 1 atom stereocenters. The standard InChI is InChI=1S/C16H20N2/c1-11(2)10-15-16-13(8-9-18(15)3)12-6-4-5-7-14(12)17-16/h4-7,10,15,17H,8-9H2,1-3H3/t15-/m0/s1. The number of para-hydroxylation sites is 1. The smallest absolute Gasteiger partial charge is 0.0687 e. The topological polar surface area (TPSA) is 19.0 Å². The van der Waals surface area contributed by atoms with Gasteiger partial charge in [-0.25, -0.2) is 0 Å². The van der Waals surface area contributed by atoms with Crippen molar-refractivity contribution in [3.8, 4) is 0 Å². The van der Waals surface area contributed by atoms with Crippen LogP contribution in [0.5, 0.6) is 0 Å². The normalized spacial score (nSPS) is 19.8. The molecular formula is C16H20N2. The maximum absolute atomic E-state index is 3.62. The van der Waals surface area contributed by atoms with Gasteiger partial charge in [-0.3, -0.25) is 4.90 Å². The first kappa shape index (κ1) is 11.5. The van der Waals surface area contributed by atoms with Gasteiger partial charge in [-0.15, -0.1) is 0 Å². The second kappa shape index (κ2) is 4.29. The van der Waals surface area contributed by atoms with E-state index >= 15 is 0 Å². The van der Waals surface area contributed by atoms with Crippen molar-refractivity contribution in [3.63, 3.8) is 0 Å². The third-order valence-corrected chi connectivity index (χ3v) is 3.82. The van der Waals surface area contributed by atoms with Crippen LogP contribution >= 0.6 is 0 Å². The first-order valence-corrected chi connectivity index (χ1v) is 6.61. The highest BCUT2D eigenvalue weighted by molar-refractivity contribution is 5.85. The molecule has 0 radical (unpaired) electrons. The Labute approximate surface area is 108 Å². The van der Waals surface area contributed by atoms with Gasteiger partial charge in [-0.05, 0) is 38.9 Å². The Hall–Kier alpha value is -1.54. The number of rotatable bonds is 1. The van der Waals surface area contributed by atoms with E-state index in [-0.39, 0.29) is 0 Å². The van der Waals surface area contributed by atoms with Gasteiger partial charge in [0.05, 0.1) is 6.04 Å². The summed E-state index contributed by atoms with van der Waals surface area (Å²) in [5, 5.41) is 1.40. The molecular weight excluding hydrogens is 220 g/mol. The molecule has 1 aliphatic rings. The zero-order valence-corrected chi connectivity index (χ0v) is 11.3. The number of nitrogens with zero attached hydrogens (tertiary/aromatic N) is 1. The minimum Gasteiger partial charge on any atom is -0.357 e. The molecule has 2 heteroatoms. The number of hydrogen-bond donors (Lipinski definition) is 1. The predicted molar refractivity (Wildman–Crippen MR) is 76.8 cm³/mol. The maximum Gasteiger partial charge on any atom is 0.0687 e. The molecule has 0 fully saturated rings. The van der Waals surface area contributed by atoms with Crippen molar-refractivity contribution in [1.82, 2.24) is 9.88 Å². The molecule has 2 aromatic rings. The average molecular weight is 240 g/mol. The van der Waals surface area contributed by atoms with Gasteiger partial charge in [-0.1, -0.05) is 29.8 Å². The number of aromatic nitrogens is 1. The Kier molecular flexibility index (Phi) is 2.75. The van der Waals surface area contributed by atoms with Crippen LogP contribution in [0.15, 0.2) is 35.9 Å². The fourth-order valence-corrected chi connectivity index (χ4v) is 2.92. The van der Waals surface area contributed by atoms with Crippen LogP contribution in [0.2, 0.25) is 0 Å². The molecule has 0 saturated carbocycles. The zero-order valence-electron chi connectivity index (χ0n) is 11.3. The van der Waals surface area contributed by atoms with Gasteiger partial charge in [-0.2, -0.15) is 0 Å². The molecule has 0 aliphatic carbocycles. The van der Waals surface area contributed by atoms with E-state index in [1.54, 1.807) is 0 Å². The zero-order chi connectivity index (χ0) is 12.7. The van der Waals surface area contributed by atoms with Crippen LogP contribution in [-0.4, -0.2) is 23.5 Å². The Morgan fingerprint density at radius 3 is 2.89 bits per heavy atom. The molecule has 3 rings (SSSR count). The fourth-order valence-electron chi connectivity index (χ4n) is 2.92. The molecule has 2 heterocycles. The Bertz CT molecular complexity index is 603. The summed E-state index contributed by atoms with van der Waals surface area (Å²) >= 11 is 0. The van der Waals surface area contributed by atoms with E-state index in [0.29, 0.717) is 6.04 Å². The van der Waals surface area contributed by atoms with Crippen LogP contribution in [-0.2, 0) is 6.42 Å². The fraction of sp³-hybridized carbons (Fsp3) is 0.375. The Morgan fingerprint density at radius 1 is 1.33 bits per heavy atom. The van der Waals surface area contributed by atoms with E-state index in [9.17, 15) is 0 Å². The number of benzene rings is 1. The SMILES string of the molecule is CC(C)=C[C@H]1c2[nH]c3ccccc3c2CCN1C. The van der Waals surface area contributed by atoms with Gasteiger partial charge in [0.1, 0.15) is 0 Å². The van der Waals surface area contributed by atoms with Crippen molar-refractivity contribution >= 4 is 10.9 Å². The second-order valence-corrected chi connectivity index (χ2v) is 5.48. The van der Waals surface area contributed by atoms with E-state index in [1.807, 2.05) is 0 Å². The lowest BCUT2D eigenvalue weighted by molar-refractivity contribution is 0.267. The third kappa shape index (κ3) is 1.77. The monoisotopic (exact) mass is 240 g/mol. The van der Waals surface area contributed by atoms with Crippen LogP contribution in [0.1, 0.15) is 31.1 Å². The van der Waals surface area contributed by atoms with E-state index in [2.05, 4.69) is 61.1 Å². The van der Waals surface area contributed by atoms with Gasteiger partial charge in [0.2, 0.25) is 0 Å². The molecule has 0 bridgehead atoms. The van der Waals surface area contributed by atoms with Crippen LogP contribution in [0, 0.1) is 0 Å². The van der Waals surface area contributed by atoms with Gasteiger partial charge in [0.25, 0.3) is 0 Å². The lowest BCUT2D eigenvalue weighted by atomic mass is 9.96. The molecule has 0 spiro atoms. The lowest BCUT2D eigenvalue weighted by Gasteiger charge is -2.31. The third-order valence-electron chi connectivity index (χ3n) is 3.82. The number of nitrogens with one attached hydrogen (secondary N) is 1. The van der Waals surface area contributed by atoms with Crippen LogP contribution in [0.25, 0.3) is 10.9 Å². The highest BCUT2D eigenvalue weighted by Crippen LogP contribution is 2.34. The summed E-state index contributed by atoms with van der Waals surface area (Å²) in [5.74, 6) is 0. The average Bonchev–Trinajstić information content (AvgIpc) is 2.71. The molecule has 1 aliphatic heterocycles. The molecule has 0 saturated heterocycles. The summed E-state index contributed by atoms with van der Waals surface area (Å²) < 4.78 is 0. The summed E-state index contributed by atoms with van der Waals surface area (Å²) in [5.41, 5.74) is 5.53. The largest absolute Gasteiger partial charge is 0.357 e. The van der Waals surface area contributed by atoms with Gasteiger partial charge < -0.3 is 4.98 Å². The quantitative estimate of drug-likeness (QED) is 0.754. The van der Waals surface area contributed by atoms with Crippen molar-refractivity contribution < 1.29 is 0 Å². The van der Waals surface area contributed by atoms with Crippen molar-refractivity contribution in [2.75, 3.05) is 13.6 Å². The van der Waals surface area contributed by atoms with Gasteiger partial charge in [0, 0.05) is 23.1 Å². The summed E-state index contributed by atoms with van der Waals surface area (Å²) in [6, 6.07) is 9.03. The number of allylic oxidation sites excluding steroid dienone is 1. The van der Waals surface area contributed by atoms with Gasteiger partial charge >= 0.3 is 0 Å². The van der Waals surface area contributed by atoms with E-state index in [4.69, 9.17) is 0 Å². The van der Waals surface area contributed by atoms with Crippen LogP contribution in [0.4, 0.5) is 0 Å². The lowest BCUT2D eigenvalue weighted by Crippen LogP contribution is -2.31. The Morgan fingerprint density at radius 2 is 2.11 bits per heavy atom. The van der Waals surface area contributed by atoms with Crippen molar-refractivity contribution in [1.29, 1.82) is 0 Å². The van der Waals surface area contributed by atoms with E-state index in [1.165, 1.54) is 27.7 Å². The molecule has 1 aromatic heterocycles. The van der Waals surface area contributed by atoms with Crippen LogP contribution < -0.4 is 0 Å². The number of fused-ring (bicyclic) bond motifs is 3. The highest BCUT2D eigenvalue weighted by atomic mass is 15.1. The predicted octanol–water partition coefficient (Wildman–Crippen LogP) is 3.66. The van der Waals surface area contributed by atoms with Crippen molar-refractivity contribution in [3.05, 3.63) is 47.2 Å². The number of hydrogen-bond acceptors (Lipinski definition) is 1. The number of H-pyrrole nitrogens is 1. The van der Waals surface area contributed by atoms with Crippen molar-refractivity contribution in [2.24, 2.45) is 0 Å². The number of aromatic amines is 1. The molecule has 2 nitrogen and oxygen atoms in total. The van der Waals surface area contributed by atoms with E-state index in [0.717, 1.165) is 13.0 Å². The molecule has 0 amide bonds. The minimum absolute atomic E-state index is 0.395. The highest BCUT2D eigenvalue weighted by Gasteiger charge is 2.26. The van der Waals surface area contributed by atoms with E-state index < -0.39 is 0 Å².